The molecule has 1 rings (SSSR count). The van der Waals surface area contributed by atoms with Crippen LogP contribution >= 0.6 is 0 Å². The molecule has 0 heterocycles. The van der Waals surface area contributed by atoms with Gasteiger partial charge in [0.2, 0.25) is 0 Å². The molecule has 0 radical (unpaired) electrons. The van der Waals surface area contributed by atoms with Gasteiger partial charge < -0.3 is 0 Å². The summed E-state index contributed by atoms with van der Waals surface area (Å²) in [5.41, 5.74) is 1.41. The van der Waals surface area contributed by atoms with Crippen molar-refractivity contribution in [2.45, 2.75) is 12.8 Å². The van der Waals surface area contributed by atoms with Crippen LogP contribution in [-0.2, 0) is 6.42 Å². The van der Waals surface area contributed by atoms with Crippen molar-refractivity contribution >= 4 is 0 Å². The molecule has 0 unspecified atom stereocenters. The maximum atomic E-state index is 3.66. The summed E-state index contributed by atoms with van der Waals surface area (Å²) in [5.74, 6) is 0. The number of hydrogen-bond donors (Lipinski definition) is 0. The van der Waals surface area contributed by atoms with Crippen LogP contribution in [0.15, 0.2) is 36.9 Å². The van der Waals surface area contributed by atoms with Gasteiger partial charge in [-0.1, -0.05) is 12.5 Å². The summed E-state index contributed by atoms with van der Waals surface area (Å²) in [5, 5.41) is 0. The molecule has 0 fully saturated rings. The van der Waals surface area contributed by atoms with Gasteiger partial charge in [-0.3, -0.25) is 0 Å². The van der Waals surface area contributed by atoms with Gasteiger partial charge in [-0.2, -0.15) is 17.7 Å². The van der Waals surface area contributed by atoms with Gasteiger partial charge >= 0.3 is 18.9 Å². The second kappa shape index (κ2) is 5.47. The van der Waals surface area contributed by atoms with Crippen molar-refractivity contribution in [1.82, 2.24) is 0 Å². The molecule has 1 heteroatoms. The Kier molecular flexibility index (Phi) is 5.30. The largest absolute Gasteiger partial charge is 1.00 e. The molecule has 1 aromatic carbocycles. The molecule has 0 spiro atoms. The first-order chi connectivity index (χ1) is 4.43. The molecule has 0 aliphatic rings. The average molecular weight is 126 g/mol. The normalized spacial score (nSPS) is 8.40. The third kappa shape index (κ3) is 3.01. The van der Waals surface area contributed by atoms with Crippen molar-refractivity contribution in [3.8, 4) is 0 Å². The fourth-order valence-electron chi connectivity index (χ4n) is 0.849. The Morgan fingerprint density at radius 3 is 2.40 bits per heavy atom. The first-order valence-electron chi connectivity index (χ1n) is 3.25. The summed E-state index contributed by atoms with van der Waals surface area (Å²) in [6.45, 7) is 3.66. The third-order valence-corrected chi connectivity index (χ3v) is 1.37. The summed E-state index contributed by atoms with van der Waals surface area (Å²) in [6, 6.07) is 8.42. The molecule has 10 heavy (non-hydrogen) atoms. The predicted molar refractivity (Wildman–Crippen MR) is 40.6 cm³/mol. The fourth-order valence-corrected chi connectivity index (χ4v) is 0.849. The van der Waals surface area contributed by atoms with Gasteiger partial charge in [0.05, 0.1) is 0 Å². The maximum Gasteiger partial charge on any atom is 1.00 e. The van der Waals surface area contributed by atoms with Crippen LogP contribution < -0.4 is 18.9 Å². The molecule has 0 amide bonds. The molecule has 0 nitrogen and oxygen atoms in total. The zero-order valence-corrected chi connectivity index (χ0v) is 6.51. The second-order valence-electron chi connectivity index (χ2n) is 2.12. The Hall–Kier alpha value is -0.313. The average Bonchev–Trinajstić information content (AvgIpc) is 2.34. The molecule has 1 aromatic rings. The molecule has 0 saturated carbocycles. The van der Waals surface area contributed by atoms with E-state index < -0.39 is 0 Å². The molecule has 0 aliphatic carbocycles. The fraction of sp³-hybridized carbons (Fsp3) is 0.222. The van der Waals surface area contributed by atoms with Gasteiger partial charge in [0.15, 0.2) is 0 Å². The molecule has 0 aromatic heterocycles. The van der Waals surface area contributed by atoms with E-state index in [-0.39, 0.29) is 18.9 Å². The summed E-state index contributed by atoms with van der Waals surface area (Å²) in [4.78, 5) is 0. The molecule has 48 valence electrons. The van der Waals surface area contributed by atoms with E-state index in [1.165, 1.54) is 5.56 Å². The van der Waals surface area contributed by atoms with Crippen LogP contribution in [0.5, 0.6) is 0 Å². The van der Waals surface area contributed by atoms with E-state index in [0.29, 0.717) is 0 Å². The minimum absolute atomic E-state index is 0. The zero-order chi connectivity index (χ0) is 6.53. The van der Waals surface area contributed by atoms with Gasteiger partial charge in [-0.05, 0) is 6.42 Å². The molecular weight excluding hydrogens is 115 g/mol. The van der Waals surface area contributed by atoms with Crippen molar-refractivity contribution in [1.29, 1.82) is 0 Å². The minimum atomic E-state index is 0. The van der Waals surface area contributed by atoms with Crippen LogP contribution in [0.25, 0.3) is 0 Å². The number of allylic oxidation sites excluding steroid dienone is 1. The maximum absolute atomic E-state index is 3.66. The van der Waals surface area contributed by atoms with Gasteiger partial charge in [0.25, 0.3) is 0 Å². The summed E-state index contributed by atoms with van der Waals surface area (Å²) >= 11 is 0. The van der Waals surface area contributed by atoms with Gasteiger partial charge in [-0.15, -0.1) is 6.58 Å². The molecule has 0 aliphatic heterocycles. The second-order valence-corrected chi connectivity index (χ2v) is 2.12. The number of rotatable bonds is 3. The standard InChI is InChI=1S/C9H11.Li/c1-2-3-6-9-7-4-5-8-9;/h2,4-5,7-8H,1,3,6H2;/q-1;+1. The van der Waals surface area contributed by atoms with Gasteiger partial charge in [0, 0.05) is 0 Å². The first kappa shape index (κ1) is 9.69. The first-order valence-corrected chi connectivity index (χ1v) is 3.25. The van der Waals surface area contributed by atoms with Gasteiger partial charge in [0.1, 0.15) is 0 Å². The Morgan fingerprint density at radius 1 is 1.30 bits per heavy atom. The van der Waals surface area contributed by atoms with Crippen LogP contribution in [0.3, 0.4) is 0 Å². The van der Waals surface area contributed by atoms with E-state index >= 15 is 0 Å². The smallest absolute Gasteiger partial charge is 0.213 e. The summed E-state index contributed by atoms with van der Waals surface area (Å²) in [7, 11) is 0. The van der Waals surface area contributed by atoms with Crippen LogP contribution in [0.1, 0.15) is 12.0 Å². The molecule has 0 atom stereocenters. The van der Waals surface area contributed by atoms with Crippen LogP contribution in [0, 0.1) is 0 Å². The SMILES string of the molecule is C=CCC[c-]1cccc1.[Li+]. The van der Waals surface area contributed by atoms with E-state index in [2.05, 4.69) is 30.8 Å². The zero-order valence-electron chi connectivity index (χ0n) is 6.51. The van der Waals surface area contributed by atoms with Crippen molar-refractivity contribution in [3.05, 3.63) is 42.5 Å². The molecule has 0 saturated heterocycles. The van der Waals surface area contributed by atoms with Crippen LogP contribution in [-0.4, -0.2) is 0 Å². The van der Waals surface area contributed by atoms with Crippen molar-refractivity contribution in [2.75, 3.05) is 0 Å². The monoisotopic (exact) mass is 126 g/mol. The Balaban J connectivity index is 0.000000810. The van der Waals surface area contributed by atoms with Crippen molar-refractivity contribution < 1.29 is 18.9 Å². The van der Waals surface area contributed by atoms with E-state index in [9.17, 15) is 0 Å². The van der Waals surface area contributed by atoms with E-state index in [4.69, 9.17) is 0 Å². The summed E-state index contributed by atoms with van der Waals surface area (Å²) < 4.78 is 0. The van der Waals surface area contributed by atoms with Gasteiger partial charge in [-0.25, -0.2) is 12.1 Å². The minimum Gasteiger partial charge on any atom is -0.213 e. The van der Waals surface area contributed by atoms with E-state index in [1.807, 2.05) is 6.08 Å². The Bertz CT molecular complexity index is 163. The third-order valence-electron chi connectivity index (χ3n) is 1.37. The summed E-state index contributed by atoms with van der Waals surface area (Å²) in [6.07, 6.45) is 4.17. The van der Waals surface area contributed by atoms with Crippen molar-refractivity contribution in [2.24, 2.45) is 0 Å². The van der Waals surface area contributed by atoms with E-state index in [0.717, 1.165) is 12.8 Å². The Morgan fingerprint density at radius 2 is 1.90 bits per heavy atom. The number of aryl methyl sites for hydroxylation is 1. The quantitative estimate of drug-likeness (QED) is 0.292. The van der Waals surface area contributed by atoms with Crippen LogP contribution in [0.2, 0.25) is 0 Å². The number of hydrogen-bond acceptors (Lipinski definition) is 0. The molecule has 0 N–H and O–H groups in total. The topological polar surface area (TPSA) is 0 Å². The van der Waals surface area contributed by atoms with Crippen LogP contribution in [0.4, 0.5) is 0 Å². The predicted octanol–water partition coefficient (Wildman–Crippen LogP) is -0.472. The van der Waals surface area contributed by atoms with Crippen molar-refractivity contribution in [3.63, 3.8) is 0 Å². The molecular formula is C9H11Li. The van der Waals surface area contributed by atoms with E-state index in [1.54, 1.807) is 0 Å². The Labute approximate surface area is 74.5 Å². The molecule has 0 bridgehead atoms.